The van der Waals surface area contributed by atoms with Crippen LogP contribution >= 0.6 is 22.9 Å². The standard InChI is InChI=1S/C26H26ClNO5S/c1-5-32-20-13-7-17(15-21(20)31-4)8-14-22(29)28-25-24(26(30)33-6-2)23(16(3)34-25)18-9-11-19(27)12-10-18/h7-15H,5-6H2,1-4H3,(H,28,29)/b14-8+. The lowest BCUT2D eigenvalue weighted by Gasteiger charge is -2.09. The van der Waals surface area contributed by atoms with Crippen molar-refractivity contribution >= 4 is 45.9 Å². The van der Waals surface area contributed by atoms with Crippen molar-refractivity contribution in [2.75, 3.05) is 25.6 Å². The molecule has 3 aromatic rings. The Hall–Kier alpha value is -3.29. The third-order valence-electron chi connectivity index (χ3n) is 4.85. The van der Waals surface area contributed by atoms with Gasteiger partial charge in [0, 0.05) is 21.5 Å². The third-order valence-corrected chi connectivity index (χ3v) is 6.12. The van der Waals surface area contributed by atoms with E-state index in [9.17, 15) is 9.59 Å². The molecule has 1 amide bonds. The Balaban J connectivity index is 1.88. The maximum absolute atomic E-state index is 12.8. The second kappa shape index (κ2) is 11.7. The highest BCUT2D eigenvalue weighted by atomic mass is 35.5. The van der Waals surface area contributed by atoms with E-state index in [2.05, 4.69) is 5.32 Å². The van der Waals surface area contributed by atoms with E-state index in [-0.39, 0.29) is 12.5 Å². The van der Waals surface area contributed by atoms with Gasteiger partial charge in [0.15, 0.2) is 11.5 Å². The van der Waals surface area contributed by atoms with E-state index in [0.29, 0.717) is 33.7 Å². The number of carbonyl (C=O) groups excluding carboxylic acids is 2. The van der Waals surface area contributed by atoms with Gasteiger partial charge in [-0.3, -0.25) is 4.79 Å². The van der Waals surface area contributed by atoms with Crippen LogP contribution < -0.4 is 14.8 Å². The summed E-state index contributed by atoms with van der Waals surface area (Å²) in [7, 11) is 1.56. The summed E-state index contributed by atoms with van der Waals surface area (Å²) in [6, 6.07) is 12.6. The molecule has 0 aliphatic rings. The summed E-state index contributed by atoms with van der Waals surface area (Å²) in [5, 5.41) is 3.86. The van der Waals surface area contributed by atoms with Crippen molar-refractivity contribution in [2.45, 2.75) is 20.8 Å². The monoisotopic (exact) mass is 499 g/mol. The number of nitrogens with one attached hydrogen (secondary N) is 1. The van der Waals surface area contributed by atoms with Gasteiger partial charge in [0.2, 0.25) is 5.91 Å². The molecule has 178 valence electrons. The maximum Gasteiger partial charge on any atom is 0.341 e. The van der Waals surface area contributed by atoms with E-state index in [1.54, 1.807) is 44.4 Å². The highest BCUT2D eigenvalue weighted by molar-refractivity contribution is 7.17. The van der Waals surface area contributed by atoms with Crippen LogP contribution in [0, 0.1) is 6.92 Å². The summed E-state index contributed by atoms with van der Waals surface area (Å²) in [5.74, 6) is 0.347. The molecule has 0 unspecified atom stereocenters. The average Bonchev–Trinajstić information content (AvgIpc) is 3.14. The lowest BCUT2D eigenvalue weighted by molar-refractivity contribution is -0.111. The number of benzene rings is 2. The first kappa shape index (κ1) is 25.3. The molecule has 0 bridgehead atoms. The maximum atomic E-state index is 12.8. The minimum atomic E-state index is -0.493. The van der Waals surface area contributed by atoms with Gasteiger partial charge in [0.25, 0.3) is 0 Å². The SMILES string of the molecule is CCOC(=O)c1c(NC(=O)/C=C/c2ccc(OCC)c(OC)c2)sc(C)c1-c1ccc(Cl)cc1. The van der Waals surface area contributed by atoms with Crippen LogP contribution in [0.2, 0.25) is 5.02 Å². The Labute approximate surface area is 208 Å². The van der Waals surface area contributed by atoms with E-state index in [0.717, 1.165) is 21.6 Å². The first-order chi connectivity index (χ1) is 16.4. The van der Waals surface area contributed by atoms with Crippen LogP contribution in [0.5, 0.6) is 11.5 Å². The second-order valence-corrected chi connectivity index (χ2v) is 8.79. The number of hydrogen-bond acceptors (Lipinski definition) is 6. The number of thiophene rings is 1. The van der Waals surface area contributed by atoms with E-state index in [4.69, 9.17) is 25.8 Å². The zero-order valence-electron chi connectivity index (χ0n) is 19.4. The Kier molecular flexibility index (Phi) is 8.73. The van der Waals surface area contributed by atoms with Gasteiger partial charge in [0.1, 0.15) is 10.6 Å². The zero-order chi connectivity index (χ0) is 24.7. The highest BCUT2D eigenvalue weighted by Gasteiger charge is 2.25. The van der Waals surface area contributed by atoms with Gasteiger partial charge in [-0.25, -0.2) is 4.79 Å². The van der Waals surface area contributed by atoms with Crippen molar-refractivity contribution in [3.8, 4) is 22.6 Å². The Bertz CT molecular complexity index is 1200. The van der Waals surface area contributed by atoms with Crippen molar-refractivity contribution in [3.05, 3.63) is 69.6 Å². The molecule has 0 fully saturated rings. The molecule has 8 heteroatoms. The molecule has 0 radical (unpaired) electrons. The summed E-state index contributed by atoms with van der Waals surface area (Å²) < 4.78 is 16.2. The van der Waals surface area contributed by atoms with Crippen LogP contribution in [0.3, 0.4) is 0 Å². The first-order valence-electron chi connectivity index (χ1n) is 10.7. The van der Waals surface area contributed by atoms with Crippen LogP contribution in [0.15, 0.2) is 48.5 Å². The lowest BCUT2D eigenvalue weighted by atomic mass is 10.0. The summed E-state index contributed by atoms with van der Waals surface area (Å²) in [6.07, 6.45) is 3.07. The van der Waals surface area contributed by atoms with E-state index in [1.165, 1.54) is 17.4 Å². The molecule has 0 saturated heterocycles. The minimum Gasteiger partial charge on any atom is -0.493 e. The summed E-state index contributed by atoms with van der Waals surface area (Å²) in [5.41, 5.74) is 2.64. The molecule has 0 aliphatic heterocycles. The molecule has 6 nitrogen and oxygen atoms in total. The van der Waals surface area contributed by atoms with Gasteiger partial charge in [-0.2, -0.15) is 0 Å². The number of ether oxygens (including phenoxy) is 3. The Morgan fingerprint density at radius 1 is 1.06 bits per heavy atom. The molecule has 2 aromatic carbocycles. The fourth-order valence-corrected chi connectivity index (χ4v) is 4.58. The predicted molar refractivity (Wildman–Crippen MR) is 137 cm³/mol. The topological polar surface area (TPSA) is 73.9 Å². The van der Waals surface area contributed by atoms with Gasteiger partial charge >= 0.3 is 5.97 Å². The molecule has 1 aromatic heterocycles. The number of anilines is 1. The van der Waals surface area contributed by atoms with Crippen LogP contribution in [0.1, 0.15) is 34.6 Å². The van der Waals surface area contributed by atoms with Crippen LogP contribution in [-0.2, 0) is 9.53 Å². The van der Waals surface area contributed by atoms with E-state index < -0.39 is 5.97 Å². The van der Waals surface area contributed by atoms with Crippen molar-refractivity contribution in [1.29, 1.82) is 0 Å². The van der Waals surface area contributed by atoms with Crippen molar-refractivity contribution < 1.29 is 23.8 Å². The Morgan fingerprint density at radius 3 is 2.44 bits per heavy atom. The zero-order valence-corrected chi connectivity index (χ0v) is 21.0. The quantitative estimate of drug-likeness (QED) is 0.265. The van der Waals surface area contributed by atoms with E-state index >= 15 is 0 Å². The van der Waals surface area contributed by atoms with Gasteiger partial charge in [-0.15, -0.1) is 11.3 Å². The number of aryl methyl sites for hydroxylation is 1. The summed E-state index contributed by atoms with van der Waals surface area (Å²) in [4.78, 5) is 26.4. The van der Waals surface area contributed by atoms with Gasteiger partial charge < -0.3 is 19.5 Å². The molecule has 1 N–H and O–H groups in total. The van der Waals surface area contributed by atoms with Crippen LogP contribution in [-0.4, -0.2) is 32.2 Å². The molecule has 3 rings (SSSR count). The Morgan fingerprint density at radius 2 is 1.79 bits per heavy atom. The number of esters is 1. The molecule has 34 heavy (non-hydrogen) atoms. The molecule has 0 aliphatic carbocycles. The number of carbonyl (C=O) groups is 2. The number of hydrogen-bond donors (Lipinski definition) is 1. The van der Waals surface area contributed by atoms with Crippen LogP contribution in [0.4, 0.5) is 5.00 Å². The first-order valence-corrected chi connectivity index (χ1v) is 11.9. The smallest absolute Gasteiger partial charge is 0.341 e. The van der Waals surface area contributed by atoms with Gasteiger partial charge in [-0.05, 0) is 62.2 Å². The van der Waals surface area contributed by atoms with Crippen molar-refractivity contribution in [3.63, 3.8) is 0 Å². The number of methoxy groups -OCH3 is 1. The summed E-state index contributed by atoms with van der Waals surface area (Å²) in [6.45, 7) is 6.28. The molecule has 0 spiro atoms. The molecule has 0 atom stereocenters. The van der Waals surface area contributed by atoms with Gasteiger partial charge in [0.05, 0.1) is 20.3 Å². The normalized spacial score (nSPS) is 10.9. The molecule has 0 saturated carbocycles. The van der Waals surface area contributed by atoms with Crippen molar-refractivity contribution in [1.82, 2.24) is 0 Å². The van der Waals surface area contributed by atoms with Crippen molar-refractivity contribution in [2.24, 2.45) is 0 Å². The van der Waals surface area contributed by atoms with Crippen LogP contribution in [0.25, 0.3) is 17.2 Å². The number of halogens is 1. The molecular formula is C26H26ClNO5S. The fraction of sp³-hybridized carbons (Fsp3) is 0.231. The summed E-state index contributed by atoms with van der Waals surface area (Å²) >= 11 is 7.35. The minimum absolute atomic E-state index is 0.223. The number of amides is 1. The average molecular weight is 500 g/mol. The predicted octanol–water partition coefficient (Wildman–Crippen LogP) is 6.61. The van der Waals surface area contributed by atoms with E-state index in [1.807, 2.05) is 32.0 Å². The number of rotatable bonds is 9. The fourth-order valence-electron chi connectivity index (χ4n) is 3.38. The second-order valence-electron chi connectivity index (χ2n) is 7.13. The highest BCUT2D eigenvalue weighted by Crippen LogP contribution is 2.40. The largest absolute Gasteiger partial charge is 0.493 e. The molecular weight excluding hydrogens is 474 g/mol. The van der Waals surface area contributed by atoms with Gasteiger partial charge in [-0.1, -0.05) is 29.8 Å². The molecule has 1 heterocycles. The lowest BCUT2D eigenvalue weighted by Crippen LogP contribution is -2.12. The third kappa shape index (κ3) is 5.98.